The second-order valence-electron chi connectivity index (χ2n) is 7.14. The maximum absolute atomic E-state index is 12.8. The summed E-state index contributed by atoms with van der Waals surface area (Å²) in [4.78, 5) is 38.3. The summed E-state index contributed by atoms with van der Waals surface area (Å²) in [5.74, 6) is -0.854. The van der Waals surface area contributed by atoms with E-state index in [1.807, 2.05) is 30.3 Å². The van der Waals surface area contributed by atoms with Gasteiger partial charge >= 0.3 is 5.97 Å². The minimum Gasteiger partial charge on any atom is -0.484 e. The fourth-order valence-corrected chi connectivity index (χ4v) is 4.22. The van der Waals surface area contributed by atoms with Crippen molar-refractivity contribution < 1.29 is 23.9 Å². The van der Waals surface area contributed by atoms with Crippen molar-refractivity contribution in [2.24, 2.45) is 0 Å². The summed E-state index contributed by atoms with van der Waals surface area (Å²) in [6, 6.07) is 16.5. The van der Waals surface area contributed by atoms with E-state index in [1.54, 1.807) is 38.1 Å². The number of aryl methyl sites for hydroxylation is 1. The van der Waals surface area contributed by atoms with E-state index in [4.69, 9.17) is 9.47 Å². The molecule has 2 aromatic carbocycles. The molecule has 0 aliphatic heterocycles. The molecule has 1 aromatic heterocycles. The van der Waals surface area contributed by atoms with Crippen LogP contribution >= 0.6 is 11.3 Å². The van der Waals surface area contributed by atoms with Gasteiger partial charge in [-0.25, -0.2) is 4.79 Å². The first-order chi connectivity index (χ1) is 15.9. The second kappa shape index (κ2) is 11.3. The maximum Gasteiger partial charge on any atom is 0.341 e. The van der Waals surface area contributed by atoms with Gasteiger partial charge in [-0.15, -0.1) is 11.3 Å². The lowest BCUT2D eigenvalue weighted by atomic mass is 10.1. The number of rotatable bonds is 9. The van der Waals surface area contributed by atoms with Crippen molar-refractivity contribution in [2.75, 3.05) is 23.8 Å². The zero-order valence-corrected chi connectivity index (χ0v) is 19.6. The van der Waals surface area contributed by atoms with Crippen LogP contribution in [0.5, 0.6) is 5.75 Å². The molecule has 0 unspecified atom stereocenters. The summed E-state index contributed by atoms with van der Waals surface area (Å²) in [7, 11) is 0. The van der Waals surface area contributed by atoms with Gasteiger partial charge in [0, 0.05) is 5.69 Å². The molecule has 33 heavy (non-hydrogen) atoms. The molecule has 3 aromatic rings. The number of para-hydroxylation sites is 1. The van der Waals surface area contributed by atoms with Crippen molar-refractivity contribution in [3.05, 3.63) is 76.2 Å². The number of amides is 2. The quantitative estimate of drug-likeness (QED) is 0.430. The van der Waals surface area contributed by atoms with Crippen LogP contribution in [-0.2, 0) is 16.0 Å². The van der Waals surface area contributed by atoms with E-state index in [0.29, 0.717) is 21.9 Å². The molecule has 7 nitrogen and oxygen atoms in total. The first kappa shape index (κ1) is 24.0. The number of carbonyl (C=O) groups is 3. The standard InChI is InChI=1S/C25H26N2O5S/c1-4-17-11-13-19(14-12-17)32-15-20(28)27-24-21(25(30)31-5-2)16(3)22(33-24)23(29)26-18-9-7-6-8-10-18/h6-14H,4-5,15H2,1-3H3,(H,26,29)(H,27,28). The third kappa shape index (κ3) is 6.20. The Bertz CT molecular complexity index is 1120. The summed E-state index contributed by atoms with van der Waals surface area (Å²) in [5, 5.41) is 5.75. The van der Waals surface area contributed by atoms with Crippen molar-refractivity contribution in [3.8, 4) is 5.75 Å². The summed E-state index contributed by atoms with van der Waals surface area (Å²) in [6.07, 6.45) is 0.912. The molecule has 0 aliphatic rings. The smallest absolute Gasteiger partial charge is 0.341 e. The number of ether oxygens (including phenoxy) is 2. The molecule has 0 bridgehead atoms. The van der Waals surface area contributed by atoms with Gasteiger partial charge < -0.3 is 20.1 Å². The number of hydrogen-bond donors (Lipinski definition) is 2. The fraction of sp³-hybridized carbons (Fsp3) is 0.240. The molecule has 0 radical (unpaired) electrons. The SMILES string of the molecule is CCOC(=O)c1c(NC(=O)COc2ccc(CC)cc2)sc(C(=O)Nc2ccccc2)c1C. The minimum atomic E-state index is -0.601. The van der Waals surface area contributed by atoms with Crippen LogP contribution < -0.4 is 15.4 Å². The highest BCUT2D eigenvalue weighted by Gasteiger charge is 2.26. The van der Waals surface area contributed by atoms with Crippen LogP contribution in [0, 0.1) is 6.92 Å². The summed E-state index contributed by atoms with van der Waals surface area (Å²) in [5.41, 5.74) is 2.40. The summed E-state index contributed by atoms with van der Waals surface area (Å²) in [6.45, 7) is 5.34. The van der Waals surface area contributed by atoms with E-state index in [9.17, 15) is 14.4 Å². The van der Waals surface area contributed by atoms with Crippen LogP contribution in [0.3, 0.4) is 0 Å². The lowest BCUT2D eigenvalue weighted by molar-refractivity contribution is -0.118. The number of esters is 1. The van der Waals surface area contributed by atoms with Gasteiger partial charge in [0.1, 0.15) is 10.8 Å². The van der Waals surface area contributed by atoms with E-state index >= 15 is 0 Å². The number of benzene rings is 2. The van der Waals surface area contributed by atoms with Gasteiger partial charge in [-0.2, -0.15) is 0 Å². The molecule has 1 heterocycles. The Hall–Kier alpha value is -3.65. The highest BCUT2D eigenvalue weighted by atomic mass is 32.1. The van der Waals surface area contributed by atoms with Crippen LogP contribution in [0.4, 0.5) is 10.7 Å². The van der Waals surface area contributed by atoms with Gasteiger partial charge in [0.25, 0.3) is 11.8 Å². The van der Waals surface area contributed by atoms with Gasteiger partial charge in [-0.1, -0.05) is 37.3 Å². The number of anilines is 2. The monoisotopic (exact) mass is 466 g/mol. The molecule has 2 amide bonds. The summed E-state index contributed by atoms with van der Waals surface area (Å²) < 4.78 is 10.7. The van der Waals surface area contributed by atoms with Crippen LogP contribution in [-0.4, -0.2) is 31.0 Å². The normalized spacial score (nSPS) is 10.4. The molecule has 8 heteroatoms. The Kier molecular flexibility index (Phi) is 8.21. The van der Waals surface area contributed by atoms with E-state index < -0.39 is 11.9 Å². The molecule has 0 fully saturated rings. The maximum atomic E-state index is 12.8. The fourth-order valence-electron chi connectivity index (χ4n) is 3.11. The first-order valence-electron chi connectivity index (χ1n) is 10.6. The Labute approximate surface area is 196 Å². The van der Waals surface area contributed by atoms with Crippen molar-refractivity contribution in [3.63, 3.8) is 0 Å². The van der Waals surface area contributed by atoms with Crippen molar-refractivity contribution in [1.29, 1.82) is 0 Å². The van der Waals surface area contributed by atoms with Gasteiger partial charge in [0.2, 0.25) is 0 Å². The van der Waals surface area contributed by atoms with E-state index in [0.717, 1.165) is 17.8 Å². The van der Waals surface area contributed by atoms with E-state index in [2.05, 4.69) is 17.6 Å². The third-order valence-electron chi connectivity index (χ3n) is 4.82. The number of thiophene rings is 1. The zero-order valence-electron chi connectivity index (χ0n) is 18.8. The van der Waals surface area contributed by atoms with Gasteiger partial charge in [0.15, 0.2) is 6.61 Å². The van der Waals surface area contributed by atoms with Crippen LogP contribution in [0.2, 0.25) is 0 Å². The molecule has 0 aliphatic carbocycles. The molecule has 172 valence electrons. The Morgan fingerprint density at radius 3 is 2.27 bits per heavy atom. The Morgan fingerprint density at radius 1 is 0.939 bits per heavy atom. The topological polar surface area (TPSA) is 93.7 Å². The minimum absolute atomic E-state index is 0.167. The summed E-state index contributed by atoms with van der Waals surface area (Å²) >= 11 is 1.02. The Balaban J connectivity index is 1.77. The molecule has 2 N–H and O–H groups in total. The third-order valence-corrected chi connectivity index (χ3v) is 6.02. The van der Waals surface area contributed by atoms with Gasteiger partial charge in [-0.05, 0) is 55.7 Å². The molecule has 0 atom stereocenters. The van der Waals surface area contributed by atoms with E-state index in [-0.39, 0.29) is 29.7 Å². The number of nitrogens with one attached hydrogen (secondary N) is 2. The number of hydrogen-bond acceptors (Lipinski definition) is 6. The largest absolute Gasteiger partial charge is 0.484 e. The predicted molar refractivity (Wildman–Crippen MR) is 129 cm³/mol. The second-order valence-corrected chi connectivity index (χ2v) is 8.16. The highest BCUT2D eigenvalue weighted by Crippen LogP contribution is 2.34. The predicted octanol–water partition coefficient (Wildman–Crippen LogP) is 5.07. The molecular weight excluding hydrogens is 440 g/mol. The highest BCUT2D eigenvalue weighted by molar-refractivity contribution is 7.18. The molecule has 0 spiro atoms. The molecule has 3 rings (SSSR count). The van der Waals surface area contributed by atoms with Crippen molar-refractivity contribution in [1.82, 2.24) is 0 Å². The number of carbonyl (C=O) groups excluding carboxylic acids is 3. The lowest BCUT2D eigenvalue weighted by Gasteiger charge is -2.09. The van der Waals surface area contributed by atoms with Crippen molar-refractivity contribution in [2.45, 2.75) is 27.2 Å². The average Bonchev–Trinajstić information content (AvgIpc) is 3.14. The Morgan fingerprint density at radius 2 is 1.64 bits per heavy atom. The van der Waals surface area contributed by atoms with E-state index in [1.165, 1.54) is 5.56 Å². The first-order valence-corrected chi connectivity index (χ1v) is 11.4. The van der Waals surface area contributed by atoms with Gasteiger partial charge in [-0.3, -0.25) is 9.59 Å². The van der Waals surface area contributed by atoms with Crippen LogP contribution in [0.15, 0.2) is 54.6 Å². The zero-order chi connectivity index (χ0) is 23.8. The van der Waals surface area contributed by atoms with Crippen molar-refractivity contribution >= 4 is 39.8 Å². The molecule has 0 saturated carbocycles. The van der Waals surface area contributed by atoms with Crippen LogP contribution in [0.1, 0.15) is 45.0 Å². The molecule has 0 saturated heterocycles. The lowest BCUT2D eigenvalue weighted by Crippen LogP contribution is -2.21. The average molecular weight is 467 g/mol. The molecular formula is C25H26N2O5S. The van der Waals surface area contributed by atoms with Gasteiger partial charge in [0.05, 0.1) is 17.0 Å². The van der Waals surface area contributed by atoms with Crippen LogP contribution in [0.25, 0.3) is 0 Å².